The summed E-state index contributed by atoms with van der Waals surface area (Å²) in [6, 6.07) is 8.61. The van der Waals surface area contributed by atoms with Gasteiger partial charge in [0.25, 0.3) is 11.5 Å². The standard InChI is InChI=1S/C21H20F3N5O4/c1-27-17-15(18(30)26-20(27)32)6-7-16(25-17)19(31)29-10-8-28(9-11-29)12-13-2-4-14(5-3-13)33-21(22,23)24/h2-7H,8-12H2,1H3,(H,26,30,32). The second kappa shape index (κ2) is 8.70. The van der Waals surface area contributed by atoms with E-state index in [1.165, 1.54) is 35.9 Å². The summed E-state index contributed by atoms with van der Waals surface area (Å²) in [4.78, 5) is 46.8. The normalized spacial score (nSPS) is 15.1. The molecule has 174 valence electrons. The topological polar surface area (TPSA) is 101 Å². The average molecular weight is 463 g/mol. The molecule has 3 aromatic rings. The number of hydrogen-bond donors (Lipinski definition) is 1. The molecule has 0 atom stereocenters. The van der Waals surface area contributed by atoms with Crippen LogP contribution in [0.5, 0.6) is 5.75 Å². The molecule has 0 spiro atoms. The number of aryl methyl sites for hydroxylation is 1. The number of fused-ring (bicyclic) bond motifs is 1. The van der Waals surface area contributed by atoms with Crippen molar-refractivity contribution in [2.75, 3.05) is 26.2 Å². The number of benzene rings is 1. The molecule has 1 fully saturated rings. The van der Waals surface area contributed by atoms with Gasteiger partial charge in [0.15, 0.2) is 0 Å². The van der Waals surface area contributed by atoms with Gasteiger partial charge in [0, 0.05) is 39.8 Å². The summed E-state index contributed by atoms with van der Waals surface area (Å²) in [5.41, 5.74) is -0.0861. The Morgan fingerprint density at radius 1 is 1.06 bits per heavy atom. The van der Waals surface area contributed by atoms with Crippen molar-refractivity contribution in [2.24, 2.45) is 7.05 Å². The van der Waals surface area contributed by atoms with Gasteiger partial charge in [0.1, 0.15) is 17.1 Å². The van der Waals surface area contributed by atoms with Crippen LogP contribution in [0.4, 0.5) is 13.2 Å². The SMILES string of the molecule is Cn1c(=O)[nH]c(=O)c2ccc(C(=O)N3CCN(Cc4ccc(OC(F)(F)F)cc4)CC3)nc21. The zero-order valence-electron chi connectivity index (χ0n) is 17.6. The van der Waals surface area contributed by atoms with Crippen LogP contribution >= 0.6 is 0 Å². The van der Waals surface area contributed by atoms with Crippen LogP contribution < -0.4 is 16.0 Å². The summed E-state index contributed by atoms with van der Waals surface area (Å²) in [5, 5.41) is 0.213. The first kappa shape index (κ1) is 22.5. The zero-order chi connectivity index (χ0) is 23.8. The second-order valence-electron chi connectivity index (χ2n) is 7.65. The van der Waals surface area contributed by atoms with Crippen molar-refractivity contribution in [2.45, 2.75) is 12.9 Å². The Morgan fingerprint density at radius 2 is 1.73 bits per heavy atom. The minimum atomic E-state index is -4.73. The number of hydrogen-bond acceptors (Lipinski definition) is 6. The molecule has 0 saturated carbocycles. The van der Waals surface area contributed by atoms with Crippen LogP contribution in [-0.4, -0.2) is 62.8 Å². The third kappa shape index (κ3) is 5.06. The maximum absolute atomic E-state index is 12.9. The van der Waals surface area contributed by atoms with Crippen molar-refractivity contribution in [3.63, 3.8) is 0 Å². The highest BCUT2D eigenvalue weighted by molar-refractivity contribution is 5.94. The number of aromatic nitrogens is 3. The molecule has 4 rings (SSSR count). The van der Waals surface area contributed by atoms with Gasteiger partial charge < -0.3 is 9.64 Å². The minimum Gasteiger partial charge on any atom is -0.406 e. The summed E-state index contributed by atoms with van der Waals surface area (Å²) in [6.45, 7) is 2.52. The predicted octanol–water partition coefficient (Wildman–Crippen LogP) is 1.48. The number of alkyl halides is 3. The molecule has 1 aromatic carbocycles. The van der Waals surface area contributed by atoms with E-state index >= 15 is 0 Å². The average Bonchev–Trinajstić information content (AvgIpc) is 2.77. The first-order chi connectivity index (χ1) is 15.6. The van der Waals surface area contributed by atoms with E-state index in [1.807, 2.05) is 0 Å². The van der Waals surface area contributed by atoms with Crippen LogP contribution in [0.3, 0.4) is 0 Å². The van der Waals surface area contributed by atoms with Crippen LogP contribution in [-0.2, 0) is 13.6 Å². The number of rotatable bonds is 4. The van der Waals surface area contributed by atoms with Gasteiger partial charge in [-0.25, -0.2) is 9.78 Å². The van der Waals surface area contributed by atoms with Gasteiger partial charge in [-0.2, -0.15) is 0 Å². The molecule has 3 heterocycles. The fourth-order valence-corrected chi connectivity index (χ4v) is 3.67. The van der Waals surface area contributed by atoms with Crippen LogP contribution in [0, 0.1) is 0 Å². The highest BCUT2D eigenvalue weighted by atomic mass is 19.4. The highest BCUT2D eigenvalue weighted by Gasteiger charge is 2.31. The lowest BCUT2D eigenvalue weighted by Crippen LogP contribution is -2.48. The summed E-state index contributed by atoms with van der Waals surface area (Å²) in [7, 11) is 1.46. The number of halogens is 3. The molecule has 2 aromatic heterocycles. The van der Waals surface area contributed by atoms with Crippen molar-refractivity contribution in [1.82, 2.24) is 24.3 Å². The molecule has 1 aliphatic heterocycles. The summed E-state index contributed by atoms with van der Waals surface area (Å²) >= 11 is 0. The third-order valence-corrected chi connectivity index (χ3v) is 5.40. The maximum Gasteiger partial charge on any atom is 0.573 e. The number of piperazine rings is 1. The van der Waals surface area contributed by atoms with Crippen LogP contribution in [0.25, 0.3) is 11.0 Å². The van der Waals surface area contributed by atoms with Crippen LogP contribution in [0.15, 0.2) is 46.0 Å². The lowest BCUT2D eigenvalue weighted by Gasteiger charge is -2.34. The summed E-state index contributed by atoms with van der Waals surface area (Å²) in [6.07, 6.45) is -4.73. The number of nitrogens with zero attached hydrogens (tertiary/aromatic N) is 4. The smallest absolute Gasteiger partial charge is 0.406 e. The largest absolute Gasteiger partial charge is 0.573 e. The Balaban J connectivity index is 1.39. The fourth-order valence-electron chi connectivity index (χ4n) is 3.67. The van der Waals surface area contributed by atoms with E-state index in [1.54, 1.807) is 17.0 Å². The molecule has 0 bridgehead atoms. The van der Waals surface area contributed by atoms with Crippen LogP contribution in [0.2, 0.25) is 0 Å². The molecule has 1 saturated heterocycles. The summed E-state index contributed by atoms with van der Waals surface area (Å²) in [5.74, 6) is -0.582. The van der Waals surface area contributed by atoms with Gasteiger partial charge in [0.05, 0.1) is 5.39 Å². The van der Waals surface area contributed by atoms with E-state index in [9.17, 15) is 27.6 Å². The Kier molecular flexibility index (Phi) is 5.93. The van der Waals surface area contributed by atoms with E-state index in [-0.39, 0.29) is 28.4 Å². The van der Waals surface area contributed by atoms with E-state index in [2.05, 4.69) is 19.6 Å². The molecule has 1 aliphatic rings. The molecule has 1 amide bonds. The molecular weight excluding hydrogens is 443 g/mol. The number of aromatic amines is 1. The Morgan fingerprint density at radius 3 is 2.36 bits per heavy atom. The van der Waals surface area contributed by atoms with E-state index < -0.39 is 17.6 Å². The Hall–Kier alpha value is -3.67. The number of pyridine rings is 1. The van der Waals surface area contributed by atoms with Gasteiger partial charge in [0.2, 0.25) is 0 Å². The molecule has 0 aliphatic carbocycles. The number of ether oxygens (including phenoxy) is 1. The van der Waals surface area contributed by atoms with E-state index in [0.717, 1.165) is 5.56 Å². The fraction of sp³-hybridized carbons (Fsp3) is 0.333. The van der Waals surface area contributed by atoms with Gasteiger partial charge in [-0.05, 0) is 29.8 Å². The minimum absolute atomic E-state index is 0.131. The number of H-pyrrole nitrogens is 1. The molecule has 33 heavy (non-hydrogen) atoms. The van der Waals surface area contributed by atoms with Crippen molar-refractivity contribution < 1.29 is 22.7 Å². The molecule has 0 radical (unpaired) electrons. The highest BCUT2D eigenvalue weighted by Crippen LogP contribution is 2.23. The van der Waals surface area contributed by atoms with Crippen LogP contribution in [0.1, 0.15) is 16.1 Å². The van der Waals surface area contributed by atoms with Crippen molar-refractivity contribution in [3.05, 3.63) is 68.5 Å². The van der Waals surface area contributed by atoms with Gasteiger partial charge in [-0.3, -0.25) is 24.0 Å². The van der Waals surface area contributed by atoms with Gasteiger partial charge >= 0.3 is 12.1 Å². The van der Waals surface area contributed by atoms with Crippen molar-refractivity contribution in [1.29, 1.82) is 0 Å². The van der Waals surface area contributed by atoms with E-state index in [4.69, 9.17) is 0 Å². The summed E-state index contributed by atoms with van der Waals surface area (Å²) < 4.78 is 41.9. The maximum atomic E-state index is 12.9. The molecule has 0 unspecified atom stereocenters. The third-order valence-electron chi connectivity index (χ3n) is 5.40. The number of carbonyl (C=O) groups excluding carboxylic acids is 1. The van der Waals surface area contributed by atoms with Gasteiger partial charge in [-0.15, -0.1) is 13.2 Å². The lowest BCUT2D eigenvalue weighted by atomic mass is 10.2. The van der Waals surface area contributed by atoms with Crippen molar-refractivity contribution >= 4 is 16.9 Å². The molecule has 1 N–H and O–H groups in total. The predicted molar refractivity (Wildman–Crippen MR) is 112 cm³/mol. The van der Waals surface area contributed by atoms with E-state index in [0.29, 0.717) is 32.7 Å². The van der Waals surface area contributed by atoms with Crippen molar-refractivity contribution in [3.8, 4) is 5.75 Å². The molecule has 12 heteroatoms. The Labute approximate surface area is 185 Å². The molecular formula is C21H20F3N5O4. The number of amides is 1. The van der Waals surface area contributed by atoms with Gasteiger partial charge in [-0.1, -0.05) is 12.1 Å². The first-order valence-corrected chi connectivity index (χ1v) is 10.1. The Bertz CT molecular complexity index is 1290. The number of nitrogens with one attached hydrogen (secondary N) is 1. The monoisotopic (exact) mass is 463 g/mol. The number of carbonyl (C=O) groups is 1. The molecule has 9 nitrogen and oxygen atoms in total. The zero-order valence-corrected chi connectivity index (χ0v) is 17.6. The first-order valence-electron chi connectivity index (χ1n) is 10.1. The quantitative estimate of drug-likeness (QED) is 0.629. The second-order valence-corrected chi connectivity index (χ2v) is 7.65. The lowest BCUT2D eigenvalue weighted by molar-refractivity contribution is -0.274.